The lowest BCUT2D eigenvalue weighted by Gasteiger charge is -2.37. The van der Waals surface area contributed by atoms with Gasteiger partial charge in [0.1, 0.15) is 11.2 Å². The lowest BCUT2D eigenvalue weighted by molar-refractivity contribution is 0.661. The third-order valence-corrected chi connectivity index (χ3v) is 12.6. The highest BCUT2D eigenvalue weighted by atomic mass is 16.3. The molecular weight excluding hydrogens is 717 g/mol. The topological polar surface area (TPSA) is 19.6 Å². The van der Waals surface area contributed by atoms with Crippen molar-refractivity contribution < 1.29 is 4.42 Å². The molecule has 0 saturated carbocycles. The van der Waals surface area contributed by atoms with Crippen molar-refractivity contribution in [1.29, 1.82) is 0 Å². The Morgan fingerprint density at radius 1 is 0.322 bits per heavy atom. The number of rotatable bonds is 8. The Balaban J connectivity index is 1.00. The maximum atomic E-state index is 6.24. The minimum absolute atomic E-state index is 0.913. The van der Waals surface area contributed by atoms with E-state index < -0.39 is 0 Å². The van der Waals surface area contributed by atoms with E-state index >= 15 is 0 Å². The first-order valence-corrected chi connectivity index (χ1v) is 21.4. The van der Waals surface area contributed by atoms with Crippen LogP contribution in [0.4, 0.5) is 34.1 Å². The van der Waals surface area contributed by atoms with Crippen LogP contribution in [0.1, 0.15) is 47.9 Å². The highest BCUT2D eigenvalue weighted by molar-refractivity contribution is 6.06. The Morgan fingerprint density at radius 2 is 0.763 bits per heavy atom. The first-order valence-electron chi connectivity index (χ1n) is 21.4. The molecule has 1 aromatic heterocycles. The molecular formula is C56H46N2O. The van der Waals surface area contributed by atoms with Gasteiger partial charge in [0.15, 0.2) is 0 Å². The van der Waals surface area contributed by atoms with Gasteiger partial charge in [0.05, 0.1) is 5.69 Å². The number of benzene rings is 8. The van der Waals surface area contributed by atoms with Gasteiger partial charge in [0.2, 0.25) is 0 Å². The molecule has 0 saturated heterocycles. The summed E-state index contributed by atoms with van der Waals surface area (Å²) in [6.45, 7) is 0. The molecule has 9 aromatic rings. The van der Waals surface area contributed by atoms with Gasteiger partial charge in [-0.1, -0.05) is 103 Å². The zero-order valence-electron chi connectivity index (χ0n) is 33.3. The SMILES string of the molecule is c1ccc(-c2c3c(c(N(c4ccccc4)c4ccc(N(c5ccccc5)c5ccc(-c6ccc7c(c6)oc6ccccc67)cc5)cc4)c4c2CCCC4)CCCC3)cc1. The Labute approximate surface area is 346 Å². The fraction of sp³-hybridized carbons (Fsp3) is 0.143. The number of anilines is 6. The van der Waals surface area contributed by atoms with Crippen LogP contribution in [0.15, 0.2) is 186 Å². The minimum Gasteiger partial charge on any atom is -0.456 e. The maximum absolute atomic E-state index is 6.24. The third-order valence-electron chi connectivity index (χ3n) is 12.6. The summed E-state index contributed by atoms with van der Waals surface area (Å²) in [5, 5.41) is 2.30. The molecule has 0 spiro atoms. The van der Waals surface area contributed by atoms with E-state index in [1.165, 1.54) is 53.9 Å². The third kappa shape index (κ3) is 6.38. The van der Waals surface area contributed by atoms with Crippen molar-refractivity contribution in [3.63, 3.8) is 0 Å². The van der Waals surface area contributed by atoms with Gasteiger partial charge in [-0.05, 0) is 175 Å². The summed E-state index contributed by atoms with van der Waals surface area (Å²) < 4.78 is 6.24. The van der Waals surface area contributed by atoms with E-state index in [0.717, 1.165) is 75.8 Å². The average Bonchev–Trinajstić information content (AvgIpc) is 3.69. The van der Waals surface area contributed by atoms with Crippen LogP contribution in [0, 0.1) is 0 Å². The standard InChI is InChI=1S/C56H46N2O/c1-4-16-40(17-5-1)55-49-23-10-12-25-51(49)56(52-26-13-11-24-50(52)55)58(43-20-8-3-9-21-43)46-35-33-45(34-36-46)57(42-18-6-2-7-19-42)44-31-28-39(29-32-44)41-30-37-48-47-22-14-15-27-53(47)59-54(48)38-41/h1-9,14-22,27-38H,10-13,23-26H2. The van der Waals surface area contributed by atoms with Crippen molar-refractivity contribution in [2.75, 3.05) is 9.80 Å². The number of hydrogen-bond acceptors (Lipinski definition) is 3. The summed E-state index contributed by atoms with van der Waals surface area (Å²) in [7, 11) is 0. The van der Waals surface area contributed by atoms with Crippen LogP contribution in [0.5, 0.6) is 0 Å². The van der Waals surface area contributed by atoms with Crippen LogP contribution in [0.25, 0.3) is 44.2 Å². The molecule has 59 heavy (non-hydrogen) atoms. The molecule has 0 radical (unpaired) electrons. The Bertz CT molecular complexity index is 2880. The summed E-state index contributed by atoms with van der Waals surface area (Å²) in [6, 6.07) is 66.1. The fourth-order valence-electron chi connectivity index (χ4n) is 9.94. The molecule has 3 heteroatoms. The van der Waals surface area contributed by atoms with Crippen LogP contribution in [-0.4, -0.2) is 0 Å². The fourth-order valence-corrected chi connectivity index (χ4v) is 9.94. The molecule has 1 heterocycles. The van der Waals surface area contributed by atoms with E-state index in [0.29, 0.717) is 0 Å². The Morgan fingerprint density at radius 3 is 1.37 bits per heavy atom. The van der Waals surface area contributed by atoms with Crippen LogP contribution >= 0.6 is 0 Å². The molecule has 3 nitrogen and oxygen atoms in total. The Hall–Kier alpha value is -6.84. The van der Waals surface area contributed by atoms with Crippen LogP contribution < -0.4 is 9.80 Å². The normalized spacial score (nSPS) is 13.6. The van der Waals surface area contributed by atoms with Crippen LogP contribution in [0.3, 0.4) is 0 Å². The number of hydrogen-bond donors (Lipinski definition) is 0. The molecule has 0 aliphatic heterocycles. The highest BCUT2D eigenvalue weighted by Crippen LogP contribution is 2.50. The van der Waals surface area contributed by atoms with Crippen molar-refractivity contribution in [2.24, 2.45) is 0 Å². The van der Waals surface area contributed by atoms with E-state index in [9.17, 15) is 0 Å². The molecule has 0 atom stereocenters. The zero-order chi connectivity index (χ0) is 39.1. The second-order valence-corrected chi connectivity index (χ2v) is 16.1. The quantitative estimate of drug-likeness (QED) is 0.154. The molecule has 0 amide bonds. The molecule has 0 fully saturated rings. The smallest absolute Gasteiger partial charge is 0.136 e. The van der Waals surface area contributed by atoms with Gasteiger partial charge in [0.25, 0.3) is 0 Å². The van der Waals surface area contributed by atoms with E-state index in [1.54, 1.807) is 22.3 Å². The van der Waals surface area contributed by atoms with Gasteiger partial charge >= 0.3 is 0 Å². The molecule has 2 aliphatic rings. The van der Waals surface area contributed by atoms with Gasteiger partial charge in [-0.3, -0.25) is 0 Å². The number of fused-ring (bicyclic) bond motifs is 5. The van der Waals surface area contributed by atoms with Crippen molar-refractivity contribution in [3.8, 4) is 22.3 Å². The van der Waals surface area contributed by atoms with E-state index in [-0.39, 0.29) is 0 Å². The summed E-state index contributed by atoms with van der Waals surface area (Å²) in [5.74, 6) is 0. The van der Waals surface area contributed by atoms with E-state index in [1.807, 2.05) is 12.1 Å². The molecule has 286 valence electrons. The van der Waals surface area contributed by atoms with E-state index in [2.05, 4.69) is 180 Å². The zero-order valence-corrected chi connectivity index (χ0v) is 33.3. The largest absolute Gasteiger partial charge is 0.456 e. The van der Waals surface area contributed by atoms with Crippen molar-refractivity contribution in [3.05, 3.63) is 204 Å². The van der Waals surface area contributed by atoms with Crippen LogP contribution in [-0.2, 0) is 25.7 Å². The predicted molar refractivity (Wildman–Crippen MR) is 247 cm³/mol. The van der Waals surface area contributed by atoms with E-state index in [4.69, 9.17) is 4.42 Å². The highest BCUT2D eigenvalue weighted by Gasteiger charge is 2.31. The van der Waals surface area contributed by atoms with Crippen molar-refractivity contribution >= 4 is 56.1 Å². The van der Waals surface area contributed by atoms with Gasteiger partial charge in [-0.15, -0.1) is 0 Å². The summed E-state index contributed by atoms with van der Waals surface area (Å²) >= 11 is 0. The first-order chi connectivity index (χ1) is 29.3. The lowest BCUT2D eigenvalue weighted by atomic mass is 9.75. The molecule has 0 unspecified atom stereocenters. The number of para-hydroxylation sites is 3. The van der Waals surface area contributed by atoms with Crippen molar-refractivity contribution in [2.45, 2.75) is 51.4 Å². The number of nitrogens with zero attached hydrogens (tertiary/aromatic N) is 2. The average molecular weight is 763 g/mol. The van der Waals surface area contributed by atoms with Crippen LogP contribution in [0.2, 0.25) is 0 Å². The number of furan rings is 1. The summed E-state index contributed by atoms with van der Waals surface area (Å²) in [6.07, 6.45) is 9.46. The monoisotopic (exact) mass is 762 g/mol. The Kier molecular flexibility index (Phi) is 9.08. The summed E-state index contributed by atoms with van der Waals surface area (Å²) in [5.41, 5.74) is 20.5. The molecule has 0 N–H and O–H groups in total. The molecule has 0 bridgehead atoms. The van der Waals surface area contributed by atoms with Gasteiger partial charge < -0.3 is 14.2 Å². The first kappa shape index (κ1) is 35.3. The predicted octanol–water partition coefficient (Wildman–Crippen LogP) is 15.6. The molecule has 11 rings (SSSR count). The molecule has 8 aromatic carbocycles. The minimum atomic E-state index is 0.913. The van der Waals surface area contributed by atoms with Gasteiger partial charge in [-0.25, -0.2) is 0 Å². The molecule has 2 aliphatic carbocycles. The summed E-state index contributed by atoms with van der Waals surface area (Å²) in [4.78, 5) is 4.95. The van der Waals surface area contributed by atoms with Gasteiger partial charge in [-0.2, -0.15) is 0 Å². The lowest BCUT2D eigenvalue weighted by Crippen LogP contribution is -2.22. The van der Waals surface area contributed by atoms with Gasteiger partial charge in [0, 0.05) is 39.2 Å². The maximum Gasteiger partial charge on any atom is 0.136 e. The second-order valence-electron chi connectivity index (χ2n) is 16.1. The van der Waals surface area contributed by atoms with Crippen molar-refractivity contribution in [1.82, 2.24) is 0 Å². The second kappa shape index (κ2) is 15.2.